The summed E-state index contributed by atoms with van der Waals surface area (Å²) in [6.45, 7) is 2.93. The van der Waals surface area contributed by atoms with Crippen molar-refractivity contribution in [2.24, 2.45) is 0 Å². The predicted octanol–water partition coefficient (Wildman–Crippen LogP) is 1.33. The molecule has 2 nitrogen and oxygen atoms in total. The Bertz CT molecular complexity index is 84.5. The molecule has 2 heteroatoms. The highest BCUT2D eigenvalue weighted by Gasteiger charge is 2.18. The number of rotatable bonds is 4. The van der Waals surface area contributed by atoms with E-state index in [-0.39, 0.29) is 6.10 Å². The van der Waals surface area contributed by atoms with Gasteiger partial charge in [0, 0.05) is 6.61 Å². The van der Waals surface area contributed by atoms with Crippen LogP contribution in [-0.4, -0.2) is 23.9 Å². The van der Waals surface area contributed by atoms with Gasteiger partial charge in [-0.05, 0) is 25.7 Å². The molecule has 1 aliphatic heterocycles. The minimum Gasteiger partial charge on any atom is -0.393 e. The second kappa shape index (κ2) is 3.94. The van der Waals surface area contributed by atoms with Crippen LogP contribution in [0.15, 0.2) is 0 Å². The number of aliphatic hydroxyl groups excluding tert-OH is 1. The summed E-state index contributed by atoms with van der Waals surface area (Å²) in [7, 11) is 0. The fourth-order valence-electron chi connectivity index (χ4n) is 1.09. The average Bonchev–Trinajstić information content (AvgIpc) is 1.84. The highest BCUT2D eigenvalue weighted by molar-refractivity contribution is 4.67. The van der Waals surface area contributed by atoms with Crippen LogP contribution in [0.1, 0.15) is 32.6 Å². The molecule has 1 heterocycles. The Morgan fingerprint density at radius 2 is 2.40 bits per heavy atom. The average molecular weight is 144 g/mol. The van der Waals surface area contributed by atoms with Crippen LogP contribution in [0.4, 0.5) is 0 Å². The smallest absolute Gasteiger partial charge is 0.0598 e. The van der Waals surface area contributed by atoms with E-state index in [0.717, 1.165) is 25.9 Å². The SMILES string of the molecule is CCC(O)CCC1CCO1. The Kier molecular flexibility index (Phi) is 3.16. The maximum absolute atomic E-state index is 9.17. The molecule has 1 saturated heterocycles. The van der Waals surface area contributed by atoms with Crippen molar-refractivity contribution in [1.82, 2.24) is 0 Å². The summed E-state index contributed by atoms with van der Waals surface area (Å²) >= 11 is 0. The summed E-state index contributed by atoms with van der Waals surface area (Å²) < 4.78 is 5.21. The van der Waals surface area contributed by atoms with Crippen LogP contribution in [0.3, 0.4) is 0 Å². The van der Waals surface area contributed by atoms with Crippen LogP contribution in [0.5, 0.6) is 0 Å². The van der Waals surface area contributed by atoms with Gasteiger partial charge in [0.15, 0.2) is 0 Å². The molecule has 1 rings (SSSR count). The van der Waals surface area contributed by atoms with Gasteiger partial charge in [0.1, 0.15) is 0 Å². The molecule has 0 aromatic heterocycles. The number of aliphatic hydroxyl groups is 1. The van der Waals surface area contributed by atoms with Crippen molar-refractivity contribution in [3.8, 4) is 0 Å². The van der Waals surface area contributed by atoms with Crippen LogP contribution >= 0.6 is 0 Å². The largest absolute Gasteiger partial charge is 0.393 e. The lowest BCUT2D eigenvalue weighted by atomic mass is 10.0. The zero-order chi connectivity index (χ0) is 7.40. The first-order chi connectivity index (χ1) is 4.83. The number of hydrogen-bond donors (Lipinski definition) is 1. The fourth-order valence-corrected chi connectivity index (χ4v) is 1.09. The van der Waals surface area contributed by atoms with Gasteiger partial charge < -0.3 is 9.84 Å². The molecule has 2 atom stereocenters. The molecular formula is C8H16O2. The van der Waals surface area contributed by atoms with E-state index in [0.29, 0.717) is 6.10 Å². The summed E-state index contributed by atoms with van der Waals surface area (Å²) in [5, 5.41) is 9.17. The van der Waals surface area contributed by atoms with Gasteiger partial charge in [-0.15, -0.1) is 0 Å². The Hall–Kier alpha value is -0.0800. The van der Waals surface area contributed by atoms with Crippen LogP contribution in [0, 0.1) is 0 Å². The maximum atomic E-state index is 9.17. The minimum absolute atomic E-state index is 0.107. The van der Waals surface area contributed by atoms with Crippen molar-refractivity contribution in [3.05, 3.63) is 0 Å². The third-order valence-corrected chi connectivity index (χ3v) is 2.09. The van der Waals surface area contributed by atoms with Crippen LogP contribution in [-0.2, 0) is 4.74 Å². The first kappa shape index (κ1) is 8.02. The highest BCUT2D eigenvalue weighted by Crippen LogP contribution is 2.17. The van der Waals surface area contributed by atoms with E-state index in [1.165, 1.54) is 6.42 Å². The third kappa shape index (κ3) is 2.27. The lowest BCUT2D eigenvalue weighted by Gasteiger charge is -2.26. The van der Waals surface area contributed by atoms with Gasteiger partial charge in [-0.25, -0.2) is 0 Å². The highest BCUT2D eigenvalue weighted by atomic mass is 16.5. The van der Waals surface area contributed by atoms with Gasteiger partial charge in [-0.2, -0.15) is 0 Å². The van der Waals surface area contributed by atoms with Gasteiger partial charge in [0.25, 0.3) is 0 Å². The number of hydrogen-bond acceptors (Lipinski definition) is 2. The van der Waals surface area contributed by atoms with E-state index in [2.05, 4.69) is 0 Å². The third-order valence-electron chi connectivity index (χ3n) is 2.09. The molecule has 1 aliphatic rings. The van der Waals surface area contributed by atoms with Crippen LogP contribution in [0.2, 0.25) is 0 Å². The van der Waals surface area contributed by atoms with Crippen LogP contribution in [0.25, 0.3) is 0 Å². The molecule has 0 bridgehead atoms. The molecule has 2 unspecified atom stereocenters. The van der Waals surface area contributed by atoms with Crippen molar-refractivity contribution >= 4 is 0 Å². The van der Waals surface area contributed by atoms with Crippen molar-refractivity contribution in [1.29, 1.82) is 0 Å². The molecule has 0 saturated carbocycles. The minimum atomic E-state index is -0.107. The van der Waals surface area contributed by atoms with E-state index in [1.54, 1.807) is 0 Å². The van der Waals surface area contributed by atoms with E-state index in [9.17, 15) is 5.11 Å². The fraction of sp³-hybridized carbons (Fsp3) is 1.00. The molecule has 0 spiro atoms. The zero-order valence-corrected chi connectivity index (χ0v) is 6.55. The lowest BCUT2D eigenvalue weighted by Crippen LogP contribution is -2.27. The number of ether oxygens (including phenoxy) is 1. The van der Waals surface area contributed by atoms with Gasteiger partial charge in [-0.3, -0.25) is 0 Å². The van der Waals surface area contributed by atoms with E-state index in [1.807, 2.05) is 6.92 Å². The van der Waals surface area contributed by atoms with Gasteiger partial charge >= 0.3 is 0 Å². The zero-order valence-electron chi connectivity index (χ0n) is 6.55. The Morgan fingerprint density at radius 3 is 2.80 bits per heavy atom. The van der Waals surface area contributed by atoms with Crippen molar-refractivity contribution in [3.63, 3.8) is 0 Å². The van der Waals surface area contributed by atoms with Crippen molar-refractivity contribution < 1.29 is 9.84 Å². The normalized spacial score (nSPS) is 27.6. The van der Waals surface area contributed by atoms with E-state index < -0.39 is 0 Å². The molecular weight excluding hydrogens is 128 g/mol. The predicted molar refractivity (Wildman–Crippen MR) is 39.9 cm³/mol. The monoisotopic (exact) mass is 144 g/mol. The Labute approximate surface area is 62.2 Å². The molecule has 10 heavy (non-hydrogen) atoms. The summed E-state index contributed by atoms with van der Waals surface area (Å²) in [5.74, 6) is 0. The van der Waals surface area contributed by atoms with Crippen molar-refractivity contribution in [2.45, 2.75) is 44.8 Å². The Balaban J connectivity index is 1.93. The molecule has 0 aliphatic carbocycles. The molecule has 1 fully saturated rings. The first-order valence-corrected chi connectivity index (χ1v) is 4.12. The molecule has 1 N–H and O–H groups in total. The summed E-state index contributed by atoms with van der Waals surface area (Å²) in [6, 6.07) is 0. The first-order valence-electron chi connectivity index (χ1n) is 4.12. The second-order valence-corrected chi connectivity index (χ2v) is 2.92. The second-order valence-electron chi connectivity index (χ2n) is 2.92. The summed E-state index contributed by atoms with van der Waals surface area (Å²) in [4.78, 5) is 0. The maximum Gasteiger partial charge on any atom is 0.0598 e. The van der Waals surface area contributed by atoms with Crippen molar-refractivity contribution in [2.75, 3.05) is 6.61 Å². The summed E-state index contributed by atoms with van der Waals surface area (Å²) in [5.41, 5.74) is 0. The Morgan fingerprint density at radius 1 is 1.70 bits per heavy atom. The molecule has 60 valence electrons. The summed E-state index contributed by atoms with van der Waals surface area (Å²) in [6.07, 6.45) is 4.35. The van der Waals surface area contributed by atoms with Gasteiger partial charge in [-0.1, -0.05) is 6.92 Å². The quantitative estimate of drug-likeness (QED) is 0.645. The molecule has 0 aromatic rings. The van der Waals surface area contributed by atoms with E-state index in [4.69, 9.17) is 4.74 Å². The molecule has 0 aromatic carbocycles. The van der Waals surface area contributed by atoms with Gasteiger partial charge in [0.05, 0.1) is 12.2 Å². The topological polar surface area (TPSA) is 29.5 Å². The lowest BCUT2D eigenvalue weighted by molar-refractivity contribution is -0.0603. The molecule has 0 radical (unpaired) electrons. The standard InChI is InChI=1S/C8H16O2/c1-2-7(9)3-4-8-5-6-10-8/h7-9H,2-6H2,1H3. The van der Waals surface area contributed by atoms with Crippen LogP contribution < -0.4 is 0 Å². The molecule has 0 amide bonds. The van der Waals surface area contributed by atoms with Gasteiger partial charge in [0.2, 0.25) is 0 Å². The van der Waals surface area contributed by atoms with E-state index >= 15 is 0 Å².